The molecule has 36 heavy (non-hydrogen) atoms. The molecular formula is C27H24N4O5. The van der Waals surface area contributed by atoms with Gasteiger partial charge in [-0.2, -0.15) is 5.10 Å². The van der Waals surface area contributed by atoms with E-state index < -0.39 is 5.97 Å². The lowest BCUT2D eigenvalue weighted by Crippen LogP contribution is -2.39. The fraction of sp³-hybridized carbons (Fsp3) is 0.185. The Kier molecular flexibility index (Phi) is 6.12. The molecule has 2 aromatic carbocycles. The number of hydrogen-bond donors (Lipinski definition) is 0. The summed E-state index contributed by atoms with van der Waals surface area (Å²) in [5, 5.41) is 4.49. The molecule has 9 heteroatoms. The summed E-state index contributed by atoms with van der Waals surface area (Å²) in [6, 6.07) is 19.3. The molecule has 0 unspecified atom stereocenters. The molecule has 0 atom stereocenters. The van der Waals surface area contributed by atoms with Gasteiger partial charge in [-0.05, 0) is 67.9 Å². The van der Waals surface area contributed by atoms with E-state index in [2.05, 4.69) is 5.10 Å². The van der Waals surface area contributed by atoms with Crippen molar-refractivity contribution in [2.45, 2.75) is 13.3 Å². The zero-order valence-electron chi connectivity index (χ0n) is 19.9. The molecule has 9 nitrogen and oxygen atoms in total. The van der Waals surface area contributed by atoms with Gasteiger partial charge in [0.1, 0.15) is 11.4 Å². The Labute approximate surface area is 207 Å². The molecular weight excluding hydrogens is 460 g/mol. The lowest BCUT2D eigenvalue weighted by Gasteiger charge is -2.28. The predicted octanol–water partition coefficient (Wildman–Crippen LogP) is 3.41. The number of carbonyl (C=O) groups is 2. The molecule has 1 amide bonds. The summed E-state index contributed by atoms with van der Waals surface area (Å²) in [4.78, 5) is 40.2. The summed E-state index contributed by atoms with van der Waals surface area (Å²) in [5.41, 5.74) is 2.89. The number of amides is 1. The van der Waals surface area contributed by atoms with Gasteiger partial charge in [0, 0.05) is 35.7 Å². The third-order valence-electron chi connectivity index (χ3n) is 6.06. The highest BCUT2D eigenvalue weighted by molar-refractivity contribution is 6.09. The molecule has 0 bridgehead atoms. The topological polar surface area (TPSA) is 95.7 Å². The Balaban J connectivity index is 1.54. The van der Waals surface area contributed by atoms with Gasteiger partial charge < -0.3 is 14.4 Å². The Morgan fingerprint density at radius 3 is 2.31 bits per heavy atom. The van der Waals surface area contributed by atoms with Gasteiger partial charge in [-0.3, -0.25) is 14.2 Å². The molecule has 0 radical (unpaired) electrons. The molecule has 182 valence electrons. The minimum atomic E-state index is -0.556. The number of carbonyl (C=O) groups excluding carboxylic acids is 2. The number of methoxy groups -OCH3 is 1. The normalized spacial score (nSPS) is 12.8. The third-order valence-corrected chi connectivity index (χ3v) is 6.06. The van der Waals surface area contributed by atoms with Crippen LogP contribution in [0.5, 0.6) is 5.75 Å². The first kappa shape index (κ1) is 23.1. The maximum Gasteiger partial charge on any atom is 0.359 e. The number of aromatic nitrogens is 3. The standard InChI is InChI=1S/C27H24N4O5/c1-3-36-27(34)24-22-15-17-30(19-9-7-18(8-10-19)29-16-5-4-6-23(29)32)26(33)25(22)31(28-24)20-11-13-21(35-2)14-12-20/h4-14,16H,3,15,17H2,1-2H3. The van der Waals surface area contributed by atoms with Crippen molar-refractivity contribution in [2.24, 2.45) is 0 Å². The summed E-state index contributed by atoms with van der Waals surface area (Å²) < 4.78 is 13.5. The average Bonchev–Trinajstić information content (AvgIpc) is 3.30. The SMILES string of the molecule is CCOC(=O)c1nn(-c2ccc(OC)cc2)c2c1CCN(c1ccc(-n3ccccc3=O)cc1)C2=O. The van der Waals surface area contributed by atoms with Gasteiger partial charge in [-0.1, -0.05) is 6.07 Å². The van der Waals surface area contributed by atoms with Gasteiger partial charge in [-0.15, -0.1) is 0 Å². The number of ether oxygens (including phenoxy) is 2. The van der Waals surface area contributed by atoms with E-state index in [1.54, 1.807) is 85.8 Å². The van der Waals surface area contributed by atoms with Crippen molar-refractivity contribution in [3.05, 3.63) is 100 Å². The monoisotopic (exact) mass is 484 g/mol. The Hall–Kier alpha value is -4.66. The second-order valence-corrected chi connectivity index (χ2v) is 8.14. The third kappa shape index (κ3) is 4.04. The van der Waals surface area contributed by atoms with Crippen LogP contribution < -0.4 is 15.2 Å². The number of rotatable bonds is 6. The van der Waals surface area contributed by atoms with E-state index in [0.717, 1.165) is 0 Å². The molecule has 5 rings (SSSR count). The maximum atomic E-state index is 13.8. The molecule has 0 N–H and O–H groups in total. The highest BCUT2D eigenvalue weighted by Gasteiger charge is 2.35. The highest BCUT2D eigenvalue weighted by Crippen LogP contribution is 2.30. The molecule has 0 saturated heterocycles. The zero-order chi connectivity index (χ0) is 25.2. The van der Waals surface area contributed by atoms with Crippen LogP contribution in [0.25, 0.3) is 11.4 Å². The van der Waals surface area contributed by atoms with E-state index in [-0.39, 0.29) is 23.8 Å². The van der Waals surface area contributed by atoms with Crippen molar-refractivity contribution in [1.82, 2.24) is 14.3 Å². The second kappa shape index (κ2) is 9.53. The van der Waals surface area contributed by atoms with E-state index in [1.807, 2.05) is 0 Å². The number of hydrogen-bond acceptors (Lipinski definition) is 6. The van der Waals surface area contributed by atoms with E-state index >= 15 is 0 Å². The van der Waals surface area contributed by atoms with Crippen molar-refractivity contribution in [3.8, 4) is 17.1 Å². The van der Waals surface area contributed by atoms with Crippen LogP contribution in [0.1, 0.15) is 33.5 Å². The van der Waals surface area contributed by atoms with Crippen LogP contribution in [0, 0.1) is 0 Å². The lowest BCUT2D eigenvalue weighted by atomic mass is 10.0. The molecule has 4 aromatic rings. The summed E-state index contributed by atoms with van der Waals surface area (Å²) >= 11 is 0. The van der Waals surface area contributed by atoms with Crippen LogP contribution in [-0.4, -0.2) is 46.5 Å². The number of pyridine rings is 1. The summed E-state index contributed by atoms with van der Waals surface area (Å²) in [5.74, 6) is -0.171. The molecule has 0 fully saturated rings. The summed E-state index contributed by atoms with van der Waals surface area (Å²) in [7, 11) is 1.57. The first-order valence-electron chi connectivity index (χ1n) is 11.5. The fourth-order valence-electron chi connectivity index (χ4n) is 4.31. The highest BCUT2D eigenvalue weighted by atomic mass is 16.5. The average molecular weight is 485 g/mol. The van der Waals surface area contributed by atoms with Crippen LogP contribution >= 0.6 is 0 Å². The van der Waals surface area contributed by atoms with Crippen molar-refractivity contribution >= 4 is 17.6 Å². The van der Waals surface area contributed by atoms with Crippen molar-refractivity contribution in [1.29, 1.82) is 0 Å². The molecule has 1 aliphatic rings. The van der Waals surface area contributed by atoms with Gasteiger partial charge in [-0.25, -0.2) is 9.48 Å². The Morgan fingerprint density at radius 2 is 1.64 bits per heavy atom. The minimum Gasteiger partial charge on any atom is -0.497 e. The number of nitrogens with zero attached hydrogens (tertiary/aromatic N) is 4. The van der Waals surface area contributed by atoms with E-state index in [0.29, 0.717) is 47.0 Å². The largest absolute Gasteiger partial charge is 0.497 e. The molecule has 0 aliphatic carbocycles. The van der Waals surface area contributed by atoms with Crippen molar-refractivity contribution < 1.29 is 19.1 Å². The number of anilines is 1. The first-order chi connectivity index (χ1) is 17.5. The quantitative estimate of drug-likeness (QED) is 0.389. The first-order valence-corrected chi connectivity index (χ1v) is 11.5. The van der Waals surface area contributed by atoms with Crippen molar-refractivity contribution in [2.75, 3.05) is 25.2 Å². The van der Waals surface area contributed by atoms with E-state index in [9.17, 15) is 14.4 Å². The van der Waals surface area contributed by atoms with Crippen LogP contribution in [0.4, 0.5) is 5.69 Å². The number of fused-ring (bicyclic) bond motifs is 1. The molecule has 0 saturated carbocycles. The molecule has 3 heterocycles. The molecule has 2 aromatic heterocycles. The fourth-order valence-corrected chi connectivity index (χ4v) is 4.31. The lowest BCUT2D eigenvalue weighted by molar-refractivity contribution is 0.0517. The predicted molar refractivity (Wildman–Crippen MR) is 133 cm³/mol. The second-order valence-electron chi connectivity index (χ2n) is 8.14. The van der Waals surface area contributed by atoms with E-state index in [1.165, 1.54) is 15.3 Å². The van der Waals surface area contributed by atoms with Gasteiger partial charge >= 0.3 is 5.97 Å². The molecule has 1 aliphatic heterocycles. The Morgan fingerprint density at radius 1 is 0.944 bits per heavy atom. The van der Waals surface area contributed by atoms with E-state index in [4.69, 9.17) is 9.47 Å². The summed E-state index contributed by atoms with van der Waals surface area (Å²) in [6.07, 6.45) is 2.13. The Bertz CT molecular complexity index is 1490. The summed E-state index contributed by atoms with van der Waals surface area (Å²) in [6.45, 7) is 2.31. The number of benzene rings is 2. The van der Waals surface area contributed by atoms with Crippen LogP contribution in [-0.2, 0) is 11.2 Å². The van der Waals surface area contributed by atoms with Crippen LogP contribution in [0.3, 0.4) is 0 Å². The van der Waals surface area contributed by atoms with Gasteiger partial charge in [0.15, 0.2) is 5.69 Å². The molecule has 0 spiro atoms. The van der Waals surface area contributed by atoms with Gasteiger partial charge in [0.2, 0.25) is 0 Å². The van der Waals surface area contributed by atoms with Gasteiger partial charge in [0.25, 0.3) is 11.5 Å². The smallest absolute Gasteiger partial charge is 0.359 e. The van der Waals surface area contributed by atoms with Gasteiger partial charge in [0.05, 0.1) is 19.4 Å². The van der Waals surface area contributed by atoms with Crippen molar-refractivity contribution in [3.63, 3.8) is 0 Å². The van der Waals surface area contributed by atoms with Crippen LogP contribution in [0.15, 0.2) is 77.7 Å². The maximum absolute atomic E-state index is 13.8. The van der Waals surface area contributed by atoms with Crippen LogP contribution in [0.2, 0.25) is 0 Å². The zero-order valence-corrected chi connectivity index (χ0v) is 19.9. The number of esters is 1. The minimum absolute atomic E-state index is 0.140.